The summed E-state index contributed by atoms with van der Waals surface area (Å²) in [7, 11) is 0. The first-order valence-electron chi connectivity index (χ1n) is 9.60. The van der Waals surface area contributed by atoms with Crippen LogP contribution in [0.25, 0.3) is 0 Å². The molecular weight excluding hydrogens is 300 g/mol. The predicted octanol–water partition coefficient (Wildman–Crippen LogP) is 2.65. The topological polar surface area (TPSA) is 60.7 Å². The van der Waals surface area contributed by atoms with Gasteiger partial charge in [0.15, 0.2) is 0 Å². The lowest BCUT2D eigenvalue weighted by molar-refractivity contribution is -0.0948. The van der Waals surface area contributed by atoms with E-state index in [0.29, 0.717) is 30.6 Å². The molecule has 2 fully saturated rings. The van der Waals surface area contributed by atoms with Crippen molar-refractivity contribution in [2.75, 3.05) is 0 Å². The van der Waals surface area contributed by atoms with Crippen molar-refractivity contribution >= 4 is 0 Å². The summed E-state index contributed by atoms with van der Waals surface area (Å²) in [6.07, 6.45) is 11.0. The number of hydrogen-bond acceptors (Lipinski definition) is 3. The van der Waals surface area contributed by atoms with E-state index >= 15 is 0 Å². The zero-order chi connectivity index (χ0) is 17.3. The zero-order valence-electron chi connectivity index (χ0n) is 14.8. The number of aliphatic hydroxyl groups is 3. The van der Waals surface area contributed by atoms with Crippen LogP contribution in [0, 0.1) is 41.4 Å². The summed E-state index contributed by atoms with van der Waals surface area (Å²) in [6.45, 7) is 4.33. The number of rotatable bonds is 0. The van der Waals surface area contributed by atoms with Crippen LogP contribution in [-0.4, -0.2) is 33.1 Å². The van der Waals surface area contributed by atoms with Gasteiger partial charge in [-0.15, -0.1) is 6.42 Å². The molecule has 0 saturated heterocycles. The highest BCUT2D eigenvalue weighted by Crippen LogP contribution is 2.65. The van der Waals surface area contributed by atoms with E-state index in [4.69, 9.17) is 6.42 Å². The number of terminal acetylenes is 1. The van der Waals surface area contributed by atoms with Crippen LogP contribution < -0.4 is 0 Å². The molecule has 24 heavy (non-hydrogen) atoms. The van der Waals surface area contributed by atoms with E-state index in [-0.39, 0.29) is 17.4 Å². The first-order chi connectivity index (χ1) is 11.3. The molecule has 0 spiro atoms. The van der Waals surface area contributed by atoms with Crippen LogP contribution in [0.4, 0.5) is 0 Å². The van der Waals surface area contributed by atoms with Crippen LogP contribution in [0.3, 0.4) is 0 Å². The van der Waals surface area contributed by atoms with Crippen molar-refractivity contribution in [1.82, 2.24) is 0 Å². The fraction of sp³-hybridized carbons (Fsp3) is 0.810. The monoisotopic (exact) mass is 330 g/mol. The Morgan fingerprint density at radius 1 is 1.12 bits per heavy atom. The number of aliphatic hydroxyl groups excluding tert-OH is 2. The molecule has 4 rings (SSSR count). The lowest BCUT2D eigenvalue weighted by Crippen LogP contribution is -2.54. The number of allylic oxidation sites excluding steroid dienone is 1. The third-order valence-corrected chi connectivity index (χ3v) is 8.25. The van der Waals surface area contributed by atoms with E-state index < -0.39 is 11.7 Å². The molecule has 0 aromatic heterocycles. The van der Waals surface area contributed by atoms with E-state index in [1.54, 1.807) is 0 Å². The molecule has 2 saturated carbocycles. The molecular formula is C21H30O3. The Morgan fingerprint density at radius 3 is 2.58 bits per heavy atom. The summed E-state index contributed by atoms with van der Waals surface area (Å²) in [6, 6.07) is 0. The lowest BCUT2D eigenvalue weighted by atomic mass is 9.49. The molecule has 0 amide bonds. The molecule has 4 aliphatic rings. The molecule has 4 aliphatic carbocycles. The largest absolute Gasteiger partial charge is 0.393 e. The van der Waals surface area contributed by atoms with E-state index in [1.165, 1.54) is 5.57 Å². The fourth-order valence-corrected chi connectivity index (χ4v) is 6.82. The third kappa shape index (κ3) is 1.97. The molecule has 0 aromatic rings. The highest BCUT2D eigenvalue weighted by molar-refractivity contribution is 5.33. The van der Waals surface area contributed by atoms with Gasteiger partial charge in [0.05, 0.1) is 12.2 Å². The molecule has 0 aliphatic heterocycles. The normalized spacial score (nSPS) is 53.8. The summed E-state index contributed by atoms with van der Waals surface area (Å²) in [4.78, 5) is 0. The number of fused-ring (bicyclic) bond motifs is 4. The van der Waals surface area contributed by atoms with Gasteiger partial charge in [-0.2, -0.15) is 0 Å². The van der Waals surface area contributed by atoms with E-state index in [0.717, 1.165) is 37.7 Å². The van der Waals surface area contributed by atoms with Gasteiger partial charge in [-0.05, 0) is 74.2 Å². The van der Waals surface area contributed by atoms with Crippen molar-refractivity contribution < 1.29 is 15.3 Å². The second kappa shape index (κ2) is 5.34. The maximum atomic E-state index is 11.0. The van der Waals surface area contributed by atoms with Crippen LogP contribution in [0.15, 0.2) is 11.1 Å². The van der Waals surface area contributed by atoms with Gasteiger partial charge < -0.3 is 15.3 Å². The summed E-state index contributed by atoms with van der Waals surface area (Å²) in [5.74, 6) is 4.16. The average molecular weight is 330 g/mol. The molecule has 0 heterocycles. The Labute approximate surface area is 145 Å². The molecule has 0 bridgehead atoms. The quantitative estimate of drug-likeness (QED) is 0.473. The molecule has 3 heteroatoms. The Balaban J connectivity index is 1.75. The highest BCUT2D eigenvalue weighted by Gasteiger charge is 2.63. The smallest absolute Gasteiger partial charge is 0.130 e. The summed E-state index contributed by atoms with van der Waals surface area (Å²) >= 11 is 0. The summed E-state index contributed by atoms with van der Waals surface area (Å²) in [5.41, 5.74) is 1.32. The second-order valence-corrected chi connectivity index (χ2v) is 9.04. The Kier molecular flexibility index (Phi) is 3.70. The van der Waals surface area contributed by atoms with Gasteiger partial charge in [0.25, 0.3) is 0 Å². The van der Waals surface area contributed by atoms with Gasteiger partial charge in [0, 0.05) is 5.41 Å². The SMILES string of the molecule is C#C[C@]1(O)CC[C@H]2[C@@H]3[C@H](C)[C@@H](O)C4=C(CC[C@@H](O)C4)[C@H]3CC[C@@]21C. The molecule has 8 atom stereocenters. The van der Waals surface area contributed by atoms with E-state index in [1.807, 2.05) is 0 Å². The van der Waals surface area contributed by atoms with Gasteiger partial charge in [-0.1, -0.05) is 25.3 Å². The Hall–Kier alpha value is -0.820. The molecule has 132 valence electrons. The Bertz CT molecular complexity index is 617. The Morgan fingerprint density at radius 2 is 1.88 bits per heavy atom. The lowest BCUT2D eigenvalue weighted by Gasteiger charge is -2.56. The standard InChI is InChI=1S/C21H30O3/c1-4-21(24)10-8-17-18-12(2)19(23)16-11-13(22)5-6-14(16)15(18)7-9-20(17,21)3/h1,12-13,15,17-19,22-24H,5-11H2,2-3H3/t12-,13+,15+,17-,18+,19+,20-,21-/m0/s1. The molecule has 0 unspecified atom stereocenters. The number of hydrogen-bond donors (Lipinski definition) is 3. The van der Waals surface area contributed by atoms with Crippen molar-refractivity contribution in [2.24, 2.45) is 29.1 Å². The van der Waals surface area contributed by atoms with E-state index in [9.17, 15) is 15.3 Å². The summed E-state index contributed by atoms with van der Waals surface area (Å²) < 4.78 is 0. The van der Waals surface area contributed by atoms with Gasteiger partial charge in [-0.3, -0.25) is 0 Å². The highest BCUT2D eigenvalue weighted by atomic mass is 16.3. The van der Waals surface area contributed by atoms with Gasteiger partial charge in [0.2, 0.25) is 0 Å². The molecule has 0 radical (unpaired) electrons. The van der Waals surface area contributed by atoms with Gasteiger partial charge >= 0.3 is 0 Å². The fourth-order valence-electron chi connectivity index (χ4n) is 6.82. The van der Waals surface area contributed by atoms with Crippen LogP contribution in [-0.2, 0) is 0 Å². The van der Waals surface area contributed by atoms with Crippen molar-refractivity contribution in [3.8, 4) is 12.3 Å². The van der Waals surface area contributed by atoms with E-state index in [2.05, 4.69) is 19.8 Å². The maximum Gasteiger partial charge on any atom is 0.130 e. The van der Waals surface area contributed by atoms with Crippen molar-refractivity contribution in [3.63, 3.8) is 0 Å². The third-order valence-electron chi connectivity index (χ3n) is 8.25. The van der Waals surface area contributed by atoms with Crippen LogP contribution >= 0.6 is 0 Å². The van der Waals surface area contributed by atoms with Gasteiger partial charge in [-0.25, -0.2) is 0 Å². The minimum absolute atomic E-state index is 0.170. The zero-order valence-corrected chi connectivity index (χ0v) is 14.8. The minimum Gasteiger partial charge on any atom is -0.393 e. The van der Waals surface area contributed by atoms with Crippen LogP contribution in [0.1, 0.15) is 58.8 Å². The average Bonchev–Trinajstić information content (AvgIpc) is 2.84. The second-order valence-electron chi connectivity index (χ2n) is 9.04. The van der Waals surface area contributed by atoms with Crippen molar-refractivity contribution in [2.45, 2.75) is 76.6 Å². The molecule has 3 nitrogen and oxygen atoms in total. The molecule has 3 N–H and O–H groups in total. The maximum absolute atomic E-state index is 11.0. The minimum atomic E-state index is -0.995. The van der Waals surface area contributed by atoms with Gasteiger partial charge in [0.1, 0.15) is 5.60 Å². The van der Waals surface area contributed by atoms with Crippen molar-refractivity contribution in [1.29, 1.82) is 0 Å². The molecule has 0 aromatic carbocycles. The van der Waals surface area contributed by atoms with Crippen molar-refractivity contribution in [3.05, 3.63) is 11.1 Å². The van der Waals surface area contributed by atoms with Crippen LogP contribution in [0.5, 0.6) is 0 Å². The first kappa shape index (κ1) is 16.6. The predicted molar refractivity (Wildman–Crippen MR) is 92.9 cm³/mol. The van der Waals surface area contributed by atoms with Crippen LogP contribution in [0.2, 0.25) is 0 Å². The first-order valence-corrected chi connectivity index (χ1v) is 9.60. The summed E-state index contributed by atoms with van der Waals surface area (Å²) in [5, 5.41) is 32.0.